The zero-order valence-corrected chi connectivity index (χ0v) is 20.0. The Morgan fingerprint density at radius 1 is 0.971 bits per heavy atom. The minimum Gasteiger partial charge on any atom is -0.493 e. The van der Waals surface area contributed by atoms with E-state index in [0.717, 1.165) is 35.3 Å². The first-order chi connectivity index (χ1) is 16.6. The number of ether oxygens (including phenoxy) is 2. The van der Waals surface area contributed by atoms with Crippen molar-refractivity contribution in [3.05, 3.63) is 89.7 Å². The second-order valence-corrected chi connectivity index (χ2v) is 8.29. The SMILES string of the molecule is COc1ccc(CC(=O)NCCCc2nc3ccccc3n2C(C)c2ccccc2)cc1OC. The normalized spacial score (nSPS) is 11.9. The highest BCUT2D eigenvalue weighted by molar-refractivity contribution is 5.79. The lowest BCUT2D eigenvalue weighted by Crippen LogP contribution is -2.26. The molecular weight excluding hydrogens is 426 g/mol. The van der Waals surface area contributed by atoms with Gasteiger partial charge in [0.1, 0.15) is 5.82 Å². The number of hydrogen-bond acceptors (Lipinski definition) is 4. The van der Waals surface area contributed by atoms with E-state index in [-0.39, 0.29) is 11.9 Å². The van der Waals surface area contributed by atoms with Crippen molar-refractivity contribution in [2.75, 3.05) is 20.8 Å². The van der Waals surface area contributed by atoms with E-state index >= 15 is 0 Å². The van der Waals surface area contributed by atoms with Crippen LogP contribution < -0.4 is 14.8 Å². The third kappa shape index (κ3) is 5.22. The minimum absolute atomic E-state index is 0.0154. The minimum atomic E-state index is -0.0154. The maximum absolute atomic E-state index is 12.5. The Hall–Kier alpha value is -3.80. The lowest BCUT2D eigenvalue weighted by Gasteiger charge is -2.18. The molecule has 3 aromatic carbocycles. The number of para-hydroxylation sites is 2. The van der Waals surface area contributed by atoms with Gasteiger partial charge in [-0.15, -0.1) is 0 Å². The molecule has 6 heteroatoms. The molecule has 0 saturated carbocycles. The van der Waals surface area contributed by atoms with Gasteiger partial charge < -0.3 is 19.4 Å². The number of benzene rings is 3. The monoisotopic (exact) mass is 457 g/mol. The summed E-state index contributed by atoms with van der Waals surface area (Å²) < 4.78 is 12.9. The zero-order valence-electron chi connectivity index (χ0n) is 20.0. The van der Waals surface area contributed by atoms with Gasteiger partial charge in [0.15, 0.2) is 11.5 Å². The van der Waals surface area contributed by atoms with Crippen molar-refractivity contribution in [2.24, 2.45) is 0 Å². The van der Waals surface area contributed by atoms with Crippen LogP contribution in [0, 0.1) is 0 Å². The number of carbonyl (C=O) groups is 1. The predicted octanol–water partition coefficient (Wildman–Crippen LogP) is 4.95. The second-order valence-electron chi connectivity index (χ2n) is 8.29. The Labute approximate surface area is 200 Å². The van der Waals surface area contributed by atoms with Gasteiger partial charge in [0.2, 0.25) is 5.91 Å². The lowest BCUT2D eigenvalue weighted by molar-refractivity contribution is -0.120. The molecule has 4 aromatic rings. The maximum Gasteiger partial charge on any atom is 0.224 e. The third-order valence-corrected chi connectivity index (χ3v) is 6.05. The van der Waals surface area contributed by atoms with Crippen molar-refractivity contribution in [3.8, 4) is 11.5 Å². The van der Waals surface area contributed by atoms with Gasteiger partial charge in [-0.3, -0.25) is 4.79 Å². The van der Waals surface area contributed by atoms with Gasteiger partial charge in [-0.2, -0.15) is 0 Å². The molecular formula is C28H31N3O3. The summed E-state index contributed by atoms with van der Waals surface area (Å²) in [5.74, 6) is 2.29. The highest BCUT2D eigenvalue weighted by atomic mass is 16.5. The summed E-state index contributed by atoms with van der Waals surface area (Å²) >= 11 is 0. The molecule has 0 fully saturated rings. The first kappa shape index (κ1) is 23.4. The van der Waals surface area contributed by atoms with Crippen LogP contribution in [-0.2, 0) is 17.6 Å². The predicted molar refractivity (Wildman–Crippen MR) is 135 cm³/mol. The molecule has 1 N–H and O–H groups in total. The number of nitrogens with one attached hydrogen (secondary N) is 1. The van der Waals surface area contributed by atoms with Gasteiger partial charge in [-0.1, -0.05) is 48.5 Å². The van der Waals surface area contributed by atoms with E-state index in [1.165, 1.54) is 5.56 Å². The number of hydrogen-bond donors (Lipinski definition) is 1. The van der Waals surface area contributed by atoms with Gasteiger partial charge in [0.05, 0.1) is 37.7 Å². The summed E-state index contributed by atoms with van der Waals surface area (Å²) in [6, 6.07) is 24.4. The molecule has 0 radical (unpaired) electrons. The number of amides is 1. The number of fused-ring (bicyclic) bond motifs is 1. The molecule has 0 bridgehead atoms. The number of methoxy groups -OCH3 is 2. The Balaban J connectivity index is 1.39. The summed E-state index contributed by atoms with van der Waals surface area (Å²) in [6.07, 6.45) is 1.88. The fourth-order valence-corrected chi connectivity index (χ4v) is 4.30. The number of rotatable bonds is 10. The molecule has 1 heterocycles. The molecule has 34 heavy (non-hydrogen) atoms. The largest absolute Gasteiger partial charge is 0.493 e. The first-order valence-corrected chi connectivity index (χ1v) is 11.6. The van der Waals surface area contributed by atoms with E-state index < -0.39 is 0 Å². The standard InChI is InChI=1S/C28H31N3O3/c1-20(22-10-5-4-6-11-22)31-24-13-8-7-12-23(24)30-27(31)14-9-17-29-28(32)19-21-15-16-25(33-2)26(18-21)34-3/h4-8,10-13,15-16,18,20H,9,14,17,19H2,1-3H3,(H,29,32). The molecule has 1 unspecified atom stereocenters. The van der Waals surface area contributed by atoms with Crippen LogP contribution in [0.4, 0.5) is 0 Å². The van der Waals surface area contributed by atoms with E-state index in [4.69, 9.17) is 14.5 Å². The number of aromatic nitrogens is 2. The Kier molecular flexibility index (Phi) is 7.48. The summed E-state index contributed by atoms with van der Waals surface area (Å²) in [5.41, 5.74) is 4.26. The van der Waals surface area contributed by atoms with Gasteiger partial charge in [0.25, 0.3) is 0 Å². The smallest absolute Gasteiger partial charge is 0.224 e. The van der Waals surface area contributed by atoms with Gasteiger partial charge in [-0.25, -0.2) is 4.98 Å². The molecule has 0 aliphatic heterocycles. The Morgan fingerprint density at radius 2 is 1.71 bits per heavy atom. The Bertz CT molecular complexity index is 1250. The summed E-state index contributed by atoms with van der Waals surface area (Å²) in [7, 11) is 3.19. The fraction of sp³-hybridized carbons (Fsp3) is 0.286. The molecule has 1 aromatic heterocycles. The molecule has 0 saturated heterocycles. The van der Waals surface area contributed by atoms with Crippen LogP contribution in [0.3, 0.4) is 0 Å². The number of aryl methyl sites for hydroxylation is 1. The summed E-state index contributed by atoms with van der Waals surface area (Å²) in [5, 5.41) is 3.03. The summed E-state index contributed by atoms with van der Waals surface area (Å²) in [4.78, 5) is 17.4. The summed E-state index contributed by atoms with van der Waals surface area (Å²) in [6.45, 7) is 2.80. The number of nitrogens with zero attached hydrogens (tertiary/aromatic N) is 2. The number of carbonyl (C=O) groups excluding carboxylic acids is 1. The van der Waals surface area contributed by atoms with E-state index in [1.807, 2.05) is 30.3 Å². The van der Waals surface area contributed by atoms with Crippen molar-refractivity contribution < 1.29 is 14.3 Å². The molecule has 0 spiro atoms. The lowest BCUT2D eigenvalue weighted by atomic mass is 10.1. The van der Waals surface area contributed by atoms with Gasteiger partial charge in [-0.05, 0) is 48.7 Å². The van der Waals surface area contributed by atoms with E-state index in [2.05, 4.69) is 59.3 Å². The van der Waals surface area contributed by atoms with Crippen LogP contribution in [-0.4, -0.2) is 36.2 Å². The van der Waals surface area contributed by atoms with Crippen LogP contribution in [0.2, 0.25) is 0 Å². The molecule has 1 amide bonds. The highest BCUT2D eigenvalue weighted by Crippen LogP contribution is 2.28. The van der Waals surface area contributed by atoms with Crippen LogP contribution in [0.15, 0.2) is 72.8 Å². The van der Waals surface area contributed by atoms with Crippen LogP contribution >= 0.6 is 0 Å². The second kappa shape index (κ2) is 10.9. The van der Waals surface area contributed by atoms with Crippen molar-refractivity contribution in [1.82, 2.24) is 14.9 Å². The number of imidazole rings is 1. The quantitative estimate of drug-likeness (QED) is 0.342. The van der Waals surface area contributed by atoms with Crippen LogP contribution in [0.1, 0.15) is 36.3 Å². The Morgan fingerprint density at radius 3 is 2.47 bits per heavy atom. The molecule has 0 aliphatic rings. The topological polar surface area (TPSA) is 65.4 Å². The molecule has 4 rings (SSSR count). The third-order valence-electron chi connectivity index (χ3n) is 6.05. The van der Waals surface area contributed by atoms with Gasteiger partial charge >= 0.3 is 0 Å². The van der Waals surface area contributed by atoms with E-state index in [1.54, 1.807) is 14.2 Å². The van der Waals surface area contributed by atoms with Crippen LogP contribution in [0.5, 0.6) is 11.5 Å². The van der Waals surface area contributed by atoms with E-state index in [9.17, 15) is 4.79 Å². The maximum atomic E-state index is 12.5. The molecule has 176 valence electrons. The fourth-order valence-electron chi connectivity index (χ4n) is 4.30. The molecule has 1 atom stereocenters. The average molecular weight is 458 g/mol. The van der Waals surface area contributed by atoms with Crippen molar-refractivity contribution in [2.45, 2.75) is 32.2 Å². The highest BCUT2D eigenvalue weighted by Gasteiger charge is 2.17. The molecule has 6 nitrogen and oxygen atoms in total. The van der Waals surface area contributed by atoms with Gasteiger partial charge in [0, 0.05) is 13.0 Å². The zero-order chi connectivity index (χ0) is 23.9. The average Bonchev–Trinajstić information content (AvgIpc) is 3.24. The van der Waals surface area contributed by atoms with Crippen molar-refractivity contribution in [3.63, 3.8) is 0 Å². The van der Waals surface area contributed by atoms with Crippen molar-refractivity contribution in [1.29, 1.82) is 0 Å². The molecule has 0 aliphatic carbocycles. The van der Waals surface area contributed by atoms with Crippen molar-refractivity contribution >= 4 is 16.9 Å². The van der Waals surface area contributed by atoms with Crippen LogP contribution in [0.25, 0.3) is 11.0 Å². The van der Waals surface area contributed by atoms with E-state index in [0.29, 0.717) is 24.5 Å². The first-order valence-electron chi connectivity index (χ1n) is 11.6.